The third kappa shape index (κ3) is 16.9. The van der Waals surface area contributed by atoms with Crippen LogP contribution in [0.2, 0.25) is 0 Å². The van der Waals surface area contributed by atoms with Gasteiger partial charge in [-0.1, -0.05) is 74.8 Å². The molecule has 0 heterocycles. The molecule has 0 fully saturated rings. The number of hydrogen-bond acceptors (Lipinski definition) is 4. The van der Waals surface area contributed by atoms with Gasteiger partial charge in [0.15, 0.2) is 0 Å². The fourth-order valence-corrected chi connectivity index (χ4v) is 2.11. The first-order valence-corrected chi connectivity index (χ1v) is 8.96. The van der Waals surface area contributed by atoms with Crippen LogP contribution >= 0.6 is 0 Å². The number of aliphatic hydroxyl groups excluding tert-OH is 1. The zero-order valence-corrected chi connectivity index (χ0v) is 15.1. The lowest BCUT2D eigenvalue weighted by atomic mass is 10.1. The highest BCUT2D eigenvalue weighted by Gasteiger charge is 2.05. The number of rotatable bonds is 15. The first kappa shape index (κ1) is 23.3. The van der Waals surface area contributed by atoms with Gasteiger partial charge in [0.2, 0.25) is 0 Å². The van der Waals surface area contributed by atoms with Gasteiger partial charge in [-0.05, 0) is 25.7 Å². The summed E-state index contributed by atoms with van der Waals surface area (Å²) >= 11 is 0. The first-order chi connectivity index (χ1) is 12.1. The number of allylic oxidation sites excluding steroid dienone is 6. The van der Waals surface area contributed by atoms with Crippen molar-refractivity contribution in [1.29, 1.82) is 0 Å². The van der Waals surface area contributed by atoms with E-state index in [2.05, 4.69) is 11.8 Å². The molecule has 0 saturated heterocycles. The number of carboxylic acid groups (broad SMARTS) is 1. The lowest BCUT2D eigenvalue weighted by Gasteiger charge is -2.06. The van der Waals surface area contributed by atoms with E-state index in [1.807, 2.05) is 30.4 Å². The quantitative estimate of drug-likeness (QED) is 0.173. The van der Waals surface area contributed by atoms with Crippen LogP contribution < -0.4 is 0 Å². The fourth-order valence-electron chi connectivity index (χ4n) is 2.11. The maximum Gasteiger partial charge on any atom is 0.303 e. The molecular weight excluding hydrogens is 320 g/mol. The van der Waals surface area contributed by atoms with Gasteiger partial charge >= 0.3 is 5.97 Å². The molecule has 2 unspecified atom stereocenters. The van der Waals surface area contributed by atoms with E-state index in [9.17, 15) is 9.90 Å². The van der Waals surface area contributed by atoms with Crippen molar-refractivity contribution < 1.29 is 25.2 Å². The van der Waals surface area contributed by atoms with Crippen LogP contribution in [0.4, 0.5) is 0 Å². The first-order valence-electron chi connectivity index (χ1n) is 8.96. The van der Waals surface area contributed by atoms with Crippen LogP contribution in [-0.2, 0) is 9.68 Å². The molecule has 0 radical (unpaired) electrons. The molecule has 0 aliphatic carbocycles. The van der Waals surface area contributed by atoms with Crippen LogP contribution in [0.1, 0.15) is 58.3 Å². The van der Waals surface area contributed by atoms with Gasteiger partial charge in [-0.2, -0.15) is 0 Å². The summed E-state index contributed by atoms with van der Waals surface area (Å²) in [4.78, 5) is 14.7. The lowest BCUT2D eigenvalue weighted by Crippen LogP contribution is -2.08. The number of unbranched alkanes of at least 4 members (excludes halogenated alkanes) is 2. The third-order valence-electron chi connectivity index (χ3n) is 3.54. The molecule has 0 aliphatic rings. The molecule has 0 aromatic rings. The third-order valence-corrected chi connectivity index (χ3v) is 3.54. The van der Waals surface area contributed by atoms with E-state index in [1.54, 1.807) is 18.2 Å². The van der Waals surface area contributed by atoms with Crippen molar-refractivity contribution in [3.05, 3.63) is 48.6 Å². The number of carboxylic acids is 1. The number of aliphatic carboxylic acids is 1. The van der Waals surface area contributed by atoms with Crippen LogP contribution in [0.15, 0.2) is 48.6 Å². The Labute approximate surface area is 151 Å². The Balaban J connectivity index is 3.89. The molecule has 5 heteroatoms. The summed E-state index contributed by atoms with van der Waals surface area (Å²) in [6, 6.07) is 0. The van der Waals surface area contributed by atoms with E-state index in [-0.39, 0.29) is 12.5 Å². The normalized spacial score (nSPS) is 15.0. The molecule has 0 bridgehead atoms. The summed E-state index contributed by atoms with van der Waals surface area (Å²) in [5.41, 5.74) is 0. The Morgan fingerprint density at radius 2 is 1.68 bits per heavy atom. The van der Waals surface area contributed by atoms with Crippen molar-refractivity contribution >= 4 is 5.97 Å². The van der Waals surface area contributed by atoms with Crippen LogP contribution in [0, 0.1) is 0 Å². The van der Waals surface area contributed by atoms with Crippen LogP contribution in [0.5, 0.6) is 0 Å². The summed E-state index contributed by atoms with van der Waals surface area (Å²) in [5.74, 6) is -0.852. The van der Waals surface area contributed by atoms with Crippen LogP contribution in [0.3, 0.4) is 0 Å². The van der Waals surface area contributed by atoms with Crippen molar-refractivity contribution in [3.63, 3.8) is 0 Å². The highest BCUT2D eigenvalue weighted by Crippen LogP contribution is 2.06. The van der Waals surface area contributed by atoms with E-state index in [4.69, 9.17) is 10.4 Å². The van der Waals surface area contributed by atoms with Gasteiger partial charge in [-0.25, -0.2) is 4.89 Å². The molecule has 0 rings (SSSR count). The molecule has 0 amide bonds. The molecule has 5 nitrogen and oxygen atoms in total. The number of carbonyl (C=O) groups is 1. The Morgan fingerprint density at radius 3 is 2.28 bits per heavy atom. The summed E-state index contributed by atoms with van der Waals surface area (Å²) in [6.45, 7) is 2.14. The van der Waals surface area contributed by atoms with Gasteiger partial charge < -0.3 is 10.2 Å². The second-order valence-corrected chi connectivity index (χ2v) is 5.85. The van der Waals surface area contributed by atoms with Gasteiger partial charge in [-0.15, -0.1) is 0 Å². The Hall–Kier alpha value is -1.69. The molecule has 142 valence electrons. The molecule has 0 aromatic carbocycles. The molecule has 2 atom stereocenters. The van der Waals surface area contributed by atoms with Gasteiger partial charge in [0.05, 0.1) is 6.10 Å². The summed E-state index contributed by atoms with van der Waals surface area (Å²) in [7, 11) is 0. The van der Waals surface area contributed by atoms with E-state index >= 15 is 0 Å². The second kappa shape index (κ2) is 17.1. The summed E-state index contributed by atoms with van der Waals surface area (Å²) < 4.78 is 0. The SMILES string of the molecule is CCCCCC(O)C=CC=CCC=CC=CC(CCCC(=O)O)OO. The van der Waals surface area contributed by atoms with Crippen LogP contribution in [0.25, 0.3) is 0 Å². The van der Waals surface area contributed by atoms with Crippen molar-refractivity contribution in [1.82, 2.24) is 0 Å². The van der Waals surface area contributed by atoms with E-state index < -0.39 is 12.1 Å². The molecule has 3 N–H and O–H groups in total. The van der Waals surface area contributed by atoms with Crippen molar-refractivity contribution in [2.75, 3.05) is 0 Å². The maximum atomic E-state index is 10.4. The number of hydrogen-bond donors (Lipinski definition) is 3. The maximum absolute atomic E-state index is 10.4. The smallest absolute Gasteiger partial charge is 0.303 e. The van der Waals surface area contributed by atoms with Gasteiger partial charge in [-0.3, -0.25) is 10.1 Å². The summed E-state index contributed by atoms with van der Waals surface area (Å²) in [6.07, 6.45) is 19.8. The average Bonchev–Trinajstić information content (AvgIpc) is 2.58. The predicted octanol–water partition coefficient (Wildman–Crippen LogP) is 4.66. The Morgan fingerprint density at radius 1 is 1.00 bits per heavy atom. The molecule has 0 aromatic heterocycles. The van der Waals surface area contributed by atoms with Gasteiger partial charge in [0.25, 0.3) is 0 Å². The standard InChI is InChI=1S/C20H32O5/c1-2-3-9-13-18(21)14-10-7-5-4-6-8-11-15-19(25-24)16-12-17-20(22)23/h5-8,10-11,14-15,18-19,21,24H,2-4,9,12-13,16-17H2,1H3,(H,22,23). The van der Waals surface area contributed by atoms with Crippen molar-refractivity contribution in [2.45, 2.75) is 70.5 Å². The van der Waals surface area contributed by atoms with Gasteiger partial charge in [0, 0.05) is 6.42 Å². The molecular formula is C20H32O5. The predicted molar refractivity (Wildman–Crippen MR) is 100 cm³/mol. The zero-order valence-electron chi connectivity index (χ0n) is 15.1. The zero-order chi connectivity index (χ0) is 18.8. The molecule has 0 spiro atoms. The lowest BCUT2D eigenvalue weighted by molar-refractivity contribution is -0.267. The monoisotopic (exact) mass is 352 g/mol. The highest BCUT2D eigenvalue weighted by molar-refractivity contribution is 5.66. The highest BCUT2D eigenvalue weighted by atomic mass is 17.1. The number of aliphatic hydroxyl groups is 1. The topological polar surface area (TPSA) is 87.0 Å². The Bertz CT molecular complexity index is 437. The van der Waals surface area contributed by atoms with Gasteiger partial charge in [0.1, 0.15) is 6.10 Å². The van der Waals surface area contributed by atoms with E-state index in [1.165, 1.54) is 0 Å². The molecule has 0 aliphatic heterocycles. The Kier molecular flexibility index (Phi) is 16.0. The van der Waals surface area contributed by atoms with E-state index in [0.717, 1.165) is 32.1 Å². The average molecular weight is 352 g/mol. The largest absolute Gasteiger partial charge is 0.481 e. The summed E-state index contributed by atoms with van der Waals surface area (Å²) in [5, 5.41) is 27.0. The molecule has 0 saturated carbocycles. The second-order valence-electron chi connectivity index (χ2n) is 5.85. The molecule has 25 heavy (non-hydrogen) atoms. The minimum Gasteiger partial charge on any atom is -0.481 e. The van der Waals surface area contributed by atoms with E-state index in [0.29, 0.717) is 12.8 Å². The van der Waals surface area contributed by atoms with Crippen molar-refractivity contribution in [2.24, 2.45) is 0 Å². The van der Waals surface area contributed by atoms with Crippen molar-refractivity contribution in [3.8, 4) is 0 Å². The minimum atomic E-state index is -0.852. The van der Waals surface area contributed by atoms with Crippen LogP contribution in [-0.4, -0.2) is 33.6 Å². The fraction of sp³-hybridized carbons (Fsp3) is 0.550. The minimum absolute atomic E-state index is 0.0646.